The highest BCUT2D eigenvalue weighted by atomic mass is 19.4. The first kappa shape index (κ1) is 15.6. The van der Waals surface area contributed by atoms with Crippen molar-refractivity contribution in [2.75, 3.05) is 6.61 Å². The molecule has 1 aliphatic rings. The van der Waals surface area contributed by atoms with Crippen molar-refractivity contribution in [1.82, 2.24) is 0 Å². The van der Waals surface area contributed by atoms with Crippen molar-refractivity contribution < 1.29 is 40.3 Å². The van der Waals surface area contributed by atoms with Gasteiger partial charge in [-0.05, 0) is 12.1 Å². The Kier molecular flexibility index (Phi) is 3.63. The van der Waals surface area contributed by atoms with Crippen LogP contribution in [-0.2, 0) is 12.6 Å². The van der Waals surface area contributed by atoms with E-state index in [0.29, 0.717) is 12.1 Å². The van der Waals surface area contributed by atoms with Crippen molar-refractivity contribution >= 4 is 5.78 Å². The number of rotatable bonds is 3. The summed E-state index contributed by atoms with van der Waals surface area (Å²) in [5.41, 5.74) is -3.43. The standard InChI is InChI=1S/C12H7F7O2/c13-8(14)4-21-7-2-1-6(12(17,18)19)9-5(7)3-11(15,16)10(9)20/h1-2,8H,3-4H2. The smallest absolute Gasteiger partial charge is 0.417 e. The summed E-state index contributed by atoms with van der Waals surface area (Å²) in [4.78, 5) is 11.4. The van der Waals surface area contributed by atoms with Crippen LogP contribution in [0.2, 0.25) is 0 Å². The molecule has 0 unspecified atom stereocenters. The Bertz CT molecular complexity index is 578. The molecule has 0 radical (unpaired) electrons. The van der Waals surface area contributed by atoms with Gasteiger partial charge in [-0.25, -0.2) is 8.78 Å². The molecule has 0 fully saturated rings. The average Bonchev–Trinajstić information content (AvgIpc) is 2.57. The molecule has 9 heteroatoms. The number of fused-ring (bicyclic) bond motifs is 1. The van der Waals surface area contributed by atoms with Crippen LogP contribution in [0, 0.1) is 0 Å². The summed E-state index contributed by atoms with van der Waals surface area (Å²) in [6.07, 6.45) is -9.24. The Labute approximate surface area is 113 Å². The number of benzene rings is 1. The van der Waals surface area contributed by atoms with E-state index in [2.05, 4.69) is 4.74 Å². The van der Waals surface area contributed by atoms with Gasteiger partial charge in [0, 0.05) is 17.5 Å². The number of halogens is 7. The summed E-state index contributed by atoms with van der Waals surface area (Å²) in [6.45, 7) is -1.17. The van der Waals surface area contributed by atoms with Gasteiger partial charge in [-0.1, -0.05) is 0 Å². The maximum Gasteiger partial charge on any atom is 0.417 e. The van der Waals surface area contributed by atoms with Crippen LogP contribution < -0.4 is 4.74 Å². The predicted octanol–water partition coefficient (Wildman–Crippen LogP) is 3.72. The normalized spacial score (nSPS) is 17.2. The fourth-order valence-corrected chi connectivity index (χ4v) is 2.07. The van der Waals surface area contributed by atoms with Gasteiger partial charge >= 0.3 is 12.1 Å². The van der Waals surface area contributed by atoms with E-state index in [4.69, 9.17) is 0 Å². The van der Waals surface area contributed by atoms with Crippen LogP contribution in [0.15, 0.2) is 12.1 Å². The second-order valence-corrected chi connectivity index (χ2v) is 4.38. The van der Waals surface area contributed by atoms with Crippen molar-refractivity contribution in [3.8, 4) is 5.75 Å². The number of hydrogen-bond donors (Lipinski definition) is 0. The van der Waals surface area contributed by atoms with E-state index in [0.717, 1.165) is 0 Å². The topological polar surface area (TPSA) is 26.3 Å². The number of ketones is 1. The zero-order chi connectivity index (χ0) is 16.0. The summed E-state index contributed by atoms with van der Waals surface area (Å²) in [6, 6.07) is 1.04. The van der Waals surface area contributed by atoms with Crippen molar-refractivity contribution in [2.45, 2.75) is 24.9 Å². The van der Waals surface area contributed by atoms with Crippen molar-refractivity contribution in [3.05, 3.63) is 28.8 Å². The van der Waals surface area contributed by atoms with E-state index < -0.39 is 59.8 Å². The molecule has 0 saturated carbocycles. The number of carbonyl (C=O) groups is 1. The SMILES string of the molecule is O=C1c2c(C(F)(F)F)ccc(OCC(F)F)c2CC1(F)F. The third-order valence-corrected chi connectivity index (χ3v) is 2.90. The second kappa shape index (κ2) is 4.88. The molecule has 0 heterocycles. The summed E-state index contributed by atoms with van der Waals surface area (Å²) < 4.78 is 93.6. The number of carbonyl (C=O) groups excluding carboxylic acids is 1. The molecule has 0 aromatic heterocycles. The molecule has 2 nitrogen and oxygen atoms in total. The quantitative estimate of drug-likeness (QED) is 0.795. The van der Waals surface area contributed by atoms with Crippen LogP contribution >= 0.6 is 0 Å². The summed E-state index contributed by atoms with van der Waals surface area (Å²) in [7, 11) is 0. The summed E-state index contributed by atoms with van der Waals surface area (Å²) in [5.74, 6) is -6.55. The van der Waals surface area contributed by atoms with Gasteiger partial charge in [0.25, 0.3) is 6.43 Å². The first-order valence-corrected chi connectivity index (χ1v) is 5.60. The van der Waals surface area contributed by atoms with Crippen LogP contribution in [0.25, 0.3) is 0 Å². The largest absolute Gasteiger partial charge is 0.487 e. The molecule has 116 valence electrons. The molecule has 2 rings (SSSR count). The number of Topliss-reactive ketones (excluding diaryl/α,β-unsaturated/α-hetero) is 1. The molecule has 0 spiro atoms. The van der Waals surface area contributed by atoms with Crippen molar-refractivity contribution in [2.24, 2.45) is 0 Å². The third kappa shape index (κ3) is 2.81. The van der Waals surface area contributed by atoms with Gasteiger partial charge in [0.1, 0.15) is 12.4 Å². The van der Waals surface area contributed by atoms with Crippen LogP contribution in [0.1, 0.15) is 21.5 Å². The molecule has 0 atom stereocenters. The average molecular weight is 316 g/mol. The molecule has 0 amide bonds. The van der Waals surface area contributed by atoms with Gasteiger partial charge in [-0.15, -0.1) is 0 Å². The van der Waals surface area contributed by atoms with Gasteiger partial charge in [-0.2, -0.15) is 22.0 Å². The minimum atomic E-state index is -5.01. The lowest BCUT2D eigenvalue weighted by molar-refractivity contribution is -0.138. The highest BCUT2D eigenvalue weighted by Gasteiger charge is 2.52. The molecule has 1 aromatic rings. The third-order valence-electron chi connectivity index (χ3n) is 2.90. The first-order valence-electron chi connectivity index (χ1n) is 5.60. The Morgan fingerprint density at radius 3 is 2.38 bits per heavy atom. The number of ether oxygens (including phenoxy) is 1. The van der Waals surface area contributed by atoms with Gasteiger partial charge in [0.05, 0.1) is 5.56 Å². The van der Waals surface area contributed by atoms with Crippen LogP contribution in [0.4, 0.5) is 30.7 Å². The molecule has 0 saturated heterocycles. The Morgan fingerprint density at radius 1 is 1.24 bits per heavy atom. The Balaban J connectivity index is 2.54. The maximum atomic E-state index is 13.4. The zero-order valence-corrected chi connectivity index (χ0v) is 10.1. The summed E-state index contributed by atoms with van der Waals surface area (Å²) in [5, 5.41) is 0. The second-order valence-electron chi connectivity index (χ2n) is 4.38. The van der Waals surface area contributed by atoms with Gasteiger partial charge in [0.15, 0.2) is 0 Å². The summed E-state index contributed by atoms with van der Waals surface area (Å²) >= 11 is 0. The van der Waals surface area contributed by atoms with Crippen LogP contribution in [0.5, 0.6) is 5.75 Å². The highest BCUT2D eigenvalue weighted by molar-refractivity contribution is 6.07. The van der Waals surface area contributed by atoms with E-state index >= 15 is 0 Å². The molecule has 0 bridgehead atoms. The monoisotopic (exact) mass is 316 g/mol. The van der Waals surface area contributed by atoms with E-state index in [1.165, 1.54) is 0 Å². The molecular weight excluding hydrogens is 309 g/mol. The molecule has 21 heavy (non-hydrogen) atoms. The van der Waals surface area contributed by atoms with Crippen molar-refractivity contribution in [1.29, 1.82) is 0 Å². The maximum absolute atomic E-state index is 13.4. The zero-order valence-electron chi connectivity index (χ0n) is 10.1. The molecule has 0 aliphatic heterocycles. The van der Waals surface area contributed by atoms with Crippen LogP contribution in [0.3, 0.4) is 0 Å². The predicted molar refractivity (Wildman–Crippen MR) is 55.9 cm³/mol. The molecule has 1 aliphatic carbocycles. The van der Waals surface area contributed by atoms with Crippen LogP contribution in [-0.4, -0.2) is 24.7 Å². The molecule has 1 aromatic carbocycles. The van der Waals surface area contributed by atoms with E-state index in [1.807, 2.05) is 0 Å². The van der Waals surface area contributed by atoms with E-state index in [-0.39, 0.29) is 0 Å². The number of alkyl halides is 7. The minimum absolute atomic E-state index is 0.374. The molecule has 0 N–H and O–H groups in total. The lowest BCUT2D eigenvalue weighted by Crippen LogP contribution is -2.25. The van der Waals surface area contributed by atoms with Crippen molar-refractivity contribution in [3.63, 3.8) is 0 Å². The van der Waals surface area contributed by atoms with Gasteiger partial charge < -0.3 is 4.74 Å². The Hall–Kier alpha value is -1.80. The van der Waals surface area contributed by atoms with Gasteiger partial charge in [-0.3, -0.25) is 4.79 Å². The lowest BCUT2D eigenvalue weighted by Gasteiger charge is -2.14. The fraction of sp³-hybridized carbons (Fsp3) is 0.417. The first-order chi connectivity index (χ1) is 9.54. The van der Waals surface area contributed by atoms with E-state index in [1.54, 1.807) is 0 Å². The Morgan fingerprint density at radius 2 is 1.86 bits per heavy atom. The molecular formula is C12H7F7O2. The minimum Gasteiger partial charge on any atom is -0.487 e. The van der Waals surface area contributed by atoms with E-state index in [9.17, 15) is 35.5 Å². The lowest BCUT2D eigenvalue weighted by atomic mass is 10.0. The van der Waals surface area contributed by atoms with Gasteiger partial charge in [0.2, 0.25) is 5.78 Å². The fourth-order valence-electron chi connectivity index (χ4n) is 2.07. The number of hydrogen-bond acceptors (Lipinski definition) is 2. The highest BCUT2D eigenvalue weighted by Crippen LogP contribution is 2.45.